The fraction of sp³-hybridized carbons (Fsp3) is 0.125. The Balaban J connectivity index is 2.89. The molecule has 0 heterocycles. The van der Waals surface area contributed by atoms with Crippen LogP contribution >= 0.6 is 12.6 Å². The van der Waals surface area contributed by atoms with Crippen LogP contribution in [0.25, 0.3) is 0 Å². The van der Waals surface area contributed by atoms with Gasteiger partial charge < -0.3 is 4.74 Å². The summed E-state index contributed by atoms with van der Waals surface area (Å²) in [5.74, 6) is 0. The first kappa shape index (κ1) is 10.5. The van der Waals surface area contributed by atoms with Crippen molar-refractivity contribution < 1.29 is 14.5 Å². The first-order chi connectivity index (χ1) is 6.61. The molecule has 0 aliphatic rings. The minimum absolute atomic E-state index is 0.305. The summed E-state index contributed by atoms with van der Waals surface area (Å²) in [5, 5.41) is 9.55. The number of rotatable bonds is 3. The molecule has 0 saturated carbocycles. The molecule has 0 aliphatic heterocycles. The molecule has 0 fully saturated rings. The highest BCUT2D eigenvalue weighted by Gasteiger charge is 2.25. The number of nitro groups is 1. The zero-order chi connectivity index (χ0) is 10.6. The third kappa shape index (κ3) is 2.74. The zero-order valence-electron chi connectivity index (χ0n) is 6.99. The summed E-state index contributed by atoms with van der Waals surface area (Å²) in [6.07, 6.45) is -1.49. The molecule has 0 bridgehead atoms. The van der Waals surface area contributed by atoms with Crippen LogP contribution in [0.4, 0.5) is 4.79 Å². The van der Waals surface area contributed by atoms with E-state index in [4.69, 9.17) is 0 Å². The van der Waals surface area contributed by atoms with Gasteiger partial charge >= 0.3 is 11.5 Å². The van der Waals surface area contributed by atoms with Crippen molar-refractivity contribution in [3.8, 4) is 0 Å². The van der Waals surface area contributed by atoms with Gasteiger partial charge in [-0.25, -0.2) is 4.79 Å². The minimum Gasteiger partial charge on any atom is -0.386 e. The Hall–Kier alpha value is -1.56. The lowest BCUT2D eigenvalue weighted by Crippen LogP contribution is -2.15. The van der Waals surface area contributed by atoms with Crippen LogP contribution in [-0.2, 0) is 4.74 Å². The van der Waals surface area contributed by atoms with Crippen LogP contribution in [0.5, 0.6) is 0 Å². The van der Waals surface area contributed by atoms with Crippen molar-refractivity contribution in [1.29, 1.82) is 0 Å². The van der Waals surface area contributed by atoms with E-state index < -0.39 is 16.5 Å². The van der Waals surface area contributed by atoms with Crippen LogP contribution in [0.1, 0.15) is 11.8 Å². The quantitative estimate of drug-likeness (QED) is 0.274. The number of hydrogen-bond acceptors (Lipinski definition) is 4. The van der Waals surface area contributed by atoms with Crippen LogP contribution < -0.4 is 0 Å². The standard InChI is InChI=1S/C8H7NO4S/c10-8(14)13-7(9(11)12)6-4-2-1-3-5-6/h1-5,7H,(H,10,14). The number of thiol groups is 1. The summed E-state index contributed by atoms with van der Waals surface area (Å²) in [4.78, 5) is 20.3. The Labute approximate surface area is 85.2 Å². The molecule has 1 unspecified atom stereocenters. The van der Waals surface area contributed by atoms with E-state index in [0.29, 0.717) is 5.56 Å². The lowest BCUT2D eigenvalue weighted by Gasteiger charge is -2.07. The van der Waals surface area contributed by atoms with Gasteiger partial charge in [0, 0.05) is 0 Å². The van der Waals surface area contributed by atoms with Crippen LogP contribution in [0.3, 0.4) is 0 Å². The lowest BCUT2D eigenvalue weighted by atomic mass is 10.2. The predicted molar refractivity (Wildman–Crippen MR) is 51.6 cm³/mol. The van der Waals surface area contributed by atoms with Crippen molar-refractivity contribution in [3.63, 3.8) is 0 Å². The highest BCUT2D eigenvalue weighted by atomic mass is 32.1. The van der Waals surface area contributed by atoms with Gasteiger partial charge in [0.25, 0.3) is 0 Å². The molecule has 0 radical (unpaired) electrons. The molecule has 0 N–H and O–H groups in total. The maximum absolute atomic E-state index is 10.5. The van der Waals surface area contributed by atoms with E-state index >= 15 is 0 Å². The molecular formula is C8H7NO4S. The fourth-order valence-electron chi connectivity index (χ4n) is 0.946. The zero-order valence-corrected chi connectivity index (χ0v) is 7.89. The van der Waals surface area contributed by atoms with Crippen molar-refractivity contribution >= 4 is 17.9 Å². The molecule has 0 amide bonds. The molecule has 1 aromatic carbocycles. The highest BCUT2D eigenvalue weighted by Crippen LogP contribution is 2.18. The molecule has 1 atom stereocenters. The van der Waals surface area contributed by atoms with Crippen LogP contribution in [0.2, 0.25) is 0 Å². The predicted octanol–water partition coefficient (Wildman–Crippen LogP) is 2.03. The topological polar surface area (TPSA) is 69.4 Å². The van der Waals surface area contributed by atoms with E-state index in [1.54, 1.807) is 18.2 Å². The van der Waals surface area contributed by atoms with Crippen molar-refractivity contribution in [2.75, 3.05) is 0 Å². The Bertz CT molecular complexity index is 340. The van der Waals surface area contributed by atoms with Gasteiger partial charge in [0.2, 0.25) is 0 Å². The molecule has 0 spiro atoms. The first-order valence-corrected chi connectivity index (χ1v) is 4.14. The molecule has 0 aromatic heterocycles. The Morgan fingerprint density at radius 3 is 2.43 bits per heavy atom. The smallest absolute Gasteiger partial charge is 0.383 e. The van der Waals surface area contributed by atoms with E-state index in [1.165, 1.54) is 12.1 Å². The molecule has 5 nitrogen and oxygen atoms in total. The molecular weight excluding hydrogens is 206 g/mol. The minimum atomic E-state index is -1.49. The van der Waals surface area contributed by atoms with E-state index in [0.717, 1.165) is 0 Å². The summed E-state index contributed by atoms with van der Waals surface area (Å²) in [5.41, 5.74) is 0.305. The van der Waals surface area contributed by atoms with Crippen LogP contribution in [0.15, 0.2) is 30.3 Å². The van der Waals surface area contributed by atoms with Crippen LogP contribution in [0, 0.1) is 10.1 Å². The van der Waals surface area contributed by atoms with Gasteiger partial charge in [-0.15, -0.1) is 0 Å². The van der Waals surface area contributed by atoms with Gasteiger partial charge in [-0.1, -0.05) is 30.8 Å². The Kier molecular flexibility index (Phi) is 3.47. The number of benzene rings is 1. The second-order valence-electron chi connectivity index (χ2n) is 2.43. The van der Waals surface area contributed by atoms with Gasteiger partial charge in [-0.2, -0.15) is 0 Å². The van der Waals surface area contributed by atoms with Crippen molar-refractivity contribution in [2.45, 2.75) is 6.23 Å². The molecule has 6 heteroatoms. The van der Waals surface area contributed by atoms with Crippen molar-refractivity contribution in [1.82, 2.24) is 0 Å². The lowest BCUT2D eigenvalue weighted by molar-refractivity contribution is -0.574. The van der Waals surface area contributed by atoms with E-state index in [2.05, 4.69) is 17.4 Å². The van der Waals surface area contributed by atoms with E-state index in [-0.39, 0.29) is 0 Å². The number of ether oxygens (including phenoxy) is 1. The van der Waals surface area contributed by atoms with Gasteiger partial charge in [0.05, 0.1) is 10.5 Å². The van der Waals surface area contributed by atoms with Crippen molar-refractivity contribution in [2.24, 2.45) is 0 Å². The maximum Gasteiger partial charge on any atom is 0.383 e. The summed E-state index contributed by atoms with van der Waals surface area (Å²) >= 11 is 3.32. The summed E-state index contributed by atoms with van der Waals surface area (Å²) in [7, 11) is 0. The summed E-state index contributed by atoms with van der Waals surface area (Å²) in [6, 6.07) is 7.97. The number of nitrogens with zero attached hydrogens (tertiary/aromatic N) is 1. The second kappa shape index (κ2) is 4.61. The van der Waals surface area contributed by atoms with Gasteiger partial charge in [-0.3, -0.25) is 10.1 Å². The van der Waals surface area contributed by atoms with Gasteiger partial charge in [-0.05, 0) is 12.1 Å². The van der Waals surface area contributed by atoms with Crippen LogP contribution in [-0.4, -0.2) is 10.2 Å². The Morgan fingerprint density at radius 1 is 1.43 bits per heavy atom. The summed E-state index contributed by atoms with van der Waals surface area (Å²) < 4.78 is 4.42. The molecule has 1 rings (SSSR count). The monoisotopic (exact) mass is 213 g/mol. The van der Waals surface area contributed by atoms with Crippen molar-refractivity contribution in [3.05, 3.63) is 46.0 Å². The number of carbonyl (C=O) groups is 1. The average Bonchev–Trinajstić information content (AvgIpc) is 2.15. The average molecular weight is 213 g/mol. The molecule has 0 saturated heterocycles. The van der Waals surface area contributed by atoms with Gasteiger partial charge in [0.15, 0.2) is 0 Å². The Morgan fingerprint density at radius 2 is 2.00 bits per heavy atom. The molecule has 14 heavy (non-hydrogen) atoms. The maximum atomic E-state index is 10.5. The van der Waals surface area contributed by atoms with Gasteiger partial charge in [0.1, 0.15) is 0 Å². The molecule has 0 aliphatic carbocycles. The molecule has 74 valence electrons. The number of carbonyl (C=O) groups excluding carboxylic acids is 1. The largest absolute Gasteiger partial charge is 0.386 e. The third-order valence-corrected chi connectivity index (χ3v) is 1.59. The molecule has 1 aromatic rings. The second-order valence-corrected chi connectivity index (χ2v) is 2.80. The fourth-order valence-corrected chi connectivity index (χ4v) is 1.05. The number of hydrogen-bond donors (Lipinski definition) is 1. The SMILES string of the molecule is O=C(S)OC(c1ccccc1)[N+](=O)[O-]. The van der Waals surface area contributed by atoms with E-state index in [1.807, 2.05) is 0 Å². The highest BCUT2D eigenvalue weighted by molar-refractivity contribution is 7.96. The first-order valence-electron chi connectivity index (χ1n) is 3.69. The normalized spacial score (nSPS) is 11.8. The van der Waals surface area contributed by atoms with E-state index in [9.17, 15) is 14.9 Å². The summed E-state index contributed by atoms with van der Waals surface area (Å²) in [6.45, 7) is 0. The third-order valence-electron chi connectivity index (χ3n) is 1.49.